The van der Waals surface area contributed by atoms with Gasteiger partial charge in [0.05, 0.1) is 43.1 Å². The number of rotatable bonds is 10. The Morgan fingerprint density at radius 3 is 2.24 bits per heavy atom. The highest BCUT2D eigenvalue weighted by Gasteiger charge is 2.24. The van der Waals surface area contributed by atoms with E-state index in [9.17, 15) is 0 Å². The van der Waals surface area contributed by atoms with Crippen molar-refractivity contribution < 1.29 is 14.2 Å². The van der Waals surface area contributed by atoms with Crippen molar-refractivity contribution in [2.75, 3.05) is 27.9 Å². The summed E-state index contributed by atoms with van der Waals surface area (Å²) in [6.07, 6.45) is 0.971. The summed E-state index contributed by atoms with van der Waals surface area (Å²) in [7, 11) is 5.12. The molecule has 2 aromatic heterocycles. The van der Waals surface area contributed by atoms with Crippen molar-refractivity contribution in [2.45, 2.75) is 59.9 Å². The van der Waals surface area contributed by atoms with Gasteiger partial charge >= 0.3 is 0 Å². The van der Waals surface area contributed by atoms with Gasteiger partial charge in [-0.1, -0.05) is 47.6 Å². The summed E-state index contributed by atoms with van der Waals surface area (Å²) in [5.41, 5.74) is 6.06. The zero-order valence-corrected chi connectivity index (χ0v) is 25.0. The van der Waals surface area contributed by atoms with E-state index in [0.717, 1.165) is 57.2 Å². The molecular weight excluding hydrogens is 494 g/mol. The van der Waals surface area contributed by atoms with Crippen molar-refractivity contribution in [1.82, 2.24) is 14.5 Å². The van der Waals surface area contributed by atoms with Crippen LogP contribution in [0.2, 0.25) is 0 Å². The van der Waals surface area contributed by atoms with Crippen LogP contribution in [0.3, 0.4) is 0 Å². The van der Waals surface area contributed by atoms with Crippen LogP contribution in [0.15, 0.2) is 35.7 Å². The molecule has 1 atom stereocenters. The Labute approximate surface area is 231 Å². The highest BCUT2D eigenvalue weighted by Crippen LogP contribution is 2.46. The van der Waals surface area contributed by atoms with Crippen LogP contribution < -0.4 is 9.47 Å². The van der Waals surface area contributed by atoms with Gasteiger partial charge in [-0.2, -0.15) is 0 Å². The maximum absolute atomic E-state index is 5.96. The van der Waals surface area contributed by atoms with E-state index in [0.29, 0.717) is 29.9 Å². The fourth-order valence-electron chi connectivity index (χ4n) is 4.73. The highest BCUT2D eigenvalue weighted by atomic mass is 32.1. The largest absolute Gasteiger partial charge is 0.492 e. The molecule has 0 saturated heterocycles. The number of thiazole rings is 1. The molecule has 0 aliphatic rings. The maximum atomic E-state index is 5.96. The normalized spacial score (nSPS) is 12.9. The molecular formula is C31H41N3O3S. The van der Waals surface area contributed by atoms with Crippen molar-refractivity contribution in [3.05, 3.63) is 47.2 Å². The lowest BCUT2D eigenvalue weighted by Gasteiger charge is -2.20. The quantitative estimate of drug-likeness (QED) is 0.209. The second-order valence-electron chi connectivity index (χ2n) is 11.3. The minimum Gasteiger partial charge on any atom is -0.492 e. The summed E-state index contributed by atoms with van der Waals surface area (Å²) < 4.78 is 19.6. The van der Waals surface area contributed by atoms with Crippen LogP contribution in [0.1, 0.15) is 53.1 Å². The van der Waals surface area contributed by atoms with E-state index < -0.39 is 0 Å². The third-order valence-corrected chi connectivity index (χ3v) is 8.15. The molecule has 0 spiro atoms. The van der Waals surface area contributed by atoms with Gasteiger partial charge in [0.25, 0.3) is 0 Å². The fraction of sp³-hybridized carbons (Fsp3) is 0.484. The van der Waals surface area contributed by atoms with E-state index in [1.807, 2.05) is 0 Å². The standard InChI is InChI=1S/C31H41N3O3S/c1-19(2)20(3)16-22-18-38-29(32-22)24-12-11-23(27(36-8)28(24)37-9)21-10-13-25-26(17-21)34(14-15-35-7)30(33-25)31(4,5)6/h10-13,17-20H,14-16H2,1-9H3. The molecule has 7 heteroatoms. The van der Waals surface area contributed by atoms with Gasteiger partial charge in [0, 0.05) is 30.0 Å². The lowest BCUT2D eigenvalue weighted by molar-refractivity contribution is 0.186. The zero-order valence-electron chi connectivity index (χ0n) is 24.2. The first kappa shape index (κ1) is 28.1. The number of ether oxygens (including phenoxy) is 3. The van der Waals surface area contributed by atoms with E-state index in [1.165, 1.54) is 0 Å². The second kappa shape index (κ2) is 11.5. The topological polar surface area (TPSA) is 58.4 Å². The van der Waals surface area contributed by atoms with Crippen molar-refractivity contribution in [3.8, 4) is 33.2 Å². The molecule has 38 heavy (non-hydrogen) atoms. The Morgan fingerprint density at radius 2 is 1.61 bits per heavy atom. The average molecular weight is 536 g/mol. The van der Waals surface area contributed by atoms with Crippen LogP contribution >= 0.6 is 11.3 Å². The lowest BCUT2D eigenvalue weighted by Crippen LogP contribution is -2.20. The van der Waals surface area contributed by atoms with E-state index in [1.54, 1.807) is 32.7 Å². The maximum Gasteiger partial charge on any atom is 0.171 e. The molecule has 0 bridgehead atoms. The van der Waals surface area contributed by atoms with Gasteiger partial charge < -0.3 is 18.8 Å². The van der Waals surface area contributed by atoms with Crippen LogP contribution in [0.5, 0.6) is 11.5 Å². The molecule has 0 radical (unpaired) electrons. The summed E-state index contributed by atoms with van der Waals surface area (Å²) >= 11 is 1.65. The van der Waals surface area contributed by atoms with Crippen molar-refractivity contribution in [1.29, 1.82) is 0 Å². The number of imidazole rings is 1. The fourth-order valence-corrected chi connectivity index (χ4v) is 5.58. The number of aromatic nitrogens is 3. The van der Waals surface area contributed by atoms with Crippen LogP contribution in [-0.4, -0.2) is 42.5 Å². The number of fused-ring (bicyclic) bond motifs is 1. The van der Waals surface area contributed by atoms with Gasteiger partial charge in [-0.3, -0.25) is 0 Å². The van der Waals surface area contributed by atoms with E-state index in [-0.39, 0.29) is 5.41 Å². The first-order valence-corrected chi connectivity index (χ1v) is 14.2. The molecule has 0 aliphatic heterocycles. The Kier molecular flexibility index (Phi) is 8.48. The molecule has 4 rings (SSSR count). The predicted molar refractivity (Wildman–Crippen MR) is 158 cm³/mol. The summed E-state index contributed by atoms with van der Waals surface area (Å²) in [6.45, 7) is 14.7. The Hall–Kier alpha value is -2.90. The summed E-state index contributed by atoms with van der Waals surface area (Å²) in [5, 5.41) is 3.11. The minimum absolute atomic E-state index is 0.0883. The zero-order chi connectivity index (χ0) is 27.6. The van der Waals surface area contributed by atoms with Gasteiger partial charge in [0.2, 0.25) is 0 Å². The second-order valence-corrected chi connectivity index (χ2v) is 12.2. The van der Waals surface area contributed by atoms with E-state index in [4.69, 9.17) is 24.2 Å². The predicted octanol–water partition coefficient (Wildman–Crippen LogP) is 7.62. The Balaban J connectivity index is 1.79. The van der Waals surface area contributed by atoms with Crippen LogP contribution in [0.4, 0.5) is 0 Å². The molecule has 1 unspecified atom stereocenters. The SMILES string of the molecule is COCCn1c(C(C)(C)C)nc2ccc(-c3ccc(-c4nc(CC(C)C(C)C)cs4)c(OC)c3OC)cc21. The van der Waals surface area contributed by atoms with Crippen LogP contribution in [0, 0.1) is 11.8 Å². The first-order chi connectivity index (χ1) is 18.1. The Morgan fingerprint density at radius 1 is 0.921 bits per heavy atom. The molecule has 6 nitrogen and oxygen atoms in total. The number of hydrogen-bond donors (Lipinski definition) is 0. The van der Waals surface area contributed by atoms with Gasteiger partial charge in [-0.25, -0.2) is 9.97 Å². The van der Waals surface area contributed by atoms with Gasteiger partial charge in [-0.05, 0) is 48.1 Å². The smallest absolute Gasteiger partial charge is 0.171 e. The highest BCUT2D eigenvalue weighted by molar-refractivity contribution is 7.13. The number of nitrogens with zero attached hydrogens (tertiary/aromatic N) is 3. The third-order valence-electron chi connectivity index (χ3n) is 7.22. The van der Waals surface area contributed by atoms with Crippen molar-refractivity contribution in [3.63, 3.8) is 0 Å². The van der Waals surface area contributed by atoms with Crippen LogP contribution in [0.25, 0.3) is 32.7 Å². The molecule has 0 aliphatic carbocycles. The molecule has 0 N–H and O–H groups in total. The molecule has 4 aromatic rings. The molecule has 0 fully saturated rings. The lowest BCUT2D eigenvalue weighted by atomic mass is 9.94. The minimum atomic E-state index is -0.0883. The molecule has 2 aromatic carbocycles. The van der Waals surface area contributed by atoms with Gasteiger partial charge in [0.1, 0.15) is 10.8 Å². The average Bonchev–Trinajstić information content (AvgIpc) is 3.50. The summed E-state index contributed by atoms with van der Waals surface area (Å²) in [4.78, 5) is 9.94. The van der Waals surface area contributed by atoms with Crippen molar-refractivity contribution in [2.24, 2.45) is 11.8 Å². The number of methoxy groups -OCH3 is 3. The molecule has 2 heterocycles. The summed E-state index contributed by atoms with van der Waals surface area (Å²) in [5.74, 6) is 3.65. The number of benzene rings is 2. The molecule has 204 valence electrons. The third kappa shape index (κ3) is 5.59. The first-order valence-electron chi connectivity index (χ1n) is 13.3. The van der Waals surface area contributed by atoms with E-state index in [2.05, 4.69) is 81.8 Å². The molecule has 0 amide bonds. The van der Waals surface area contributed by atoms with E-state index >= 15 is 0 Å². The monoisotopic (exact) mass is 535 g/mol. The van der Waals surface area contributed by atoms with Crippen LogP contribution in [-0.2, 0) is 23.1 Å². The van der Waals surface area contributed by atoms with Crippen molar-refractivity contribution >= 4 is 22.4 Å². The Bertz CT molecular complexity index is 1400. The summed E-state index contributed by atoms with van der Waals surface area (Å²) in [6, 6.07) is 10.6. The molecule has 0 saturated carbocycles. The number of hydrogen-bond acceptors (Lipinski definition) is 6. The van der Waals surface area contributed by atoms with Gasteiger partial charge in [-0.15, -0.1) is 11.3 Å². The van der Waals surface area contributed by atoms with Gasteiger partial charge in [0.15, 0.2) is 11.5 Å².